The van der Waals surface area contributed by atoms with Crippen LogP contribution in [0.2, 0.25) is 39.3 Å². The summed E-state index contributed by atoms with van der Waals surface area (Å²) in [6, 6.07) is 47.2. The Morgan fingerprint density at radius 2 is 0.615 bits per heavy atom. The molecule has 52 heavy (non-hydrogen) atoms. The molecule has 8 aromatic carbocycles. The van der Waals surface area contributed by atoms with E-state index in [0.717, 1.165) is 0 Å². The molecule has 0 bridgehead atoms. The van der Waals surface area contributed by atoms with E-state index < -0.39 is 16.1 Å². The Hall–Kier alpha value is -4.77. The second-order valence-electron chi connectivity index (χ2n) is 17.2. The average molecular weight is 707 g/mol. The third-order valence-corrected chi connectivity index (χ3v) is 15.7. The van der Waals surface area contributed by atoms with Crippen molar-refractivity contribution in [2.75, 3.05) is 0 Å². The zero-order valence-corrected chi connectivity index (χ0v) is 34.5. The van der Waals surface area contributed by atoms with Crippen LogP contribution in [0.3, 0.4) is 0 Å². The lowest BCUT2D eigenvalue weighted by atomic mass is 9.80. The predicted octanol–water partition coefficient (Wildman–Crippen LogP) is 13.6. The molecule has 258 valence electrons. The molecule has 0 nitrogen and oxygen atoms in total. The first-order valence-corrected chi connectivity index (χ1v) is 25.9. The smallest absolute Gasteiger partial charge is 0.0656 e. The van der Waals surface area contributed by atoms with Crippen molar-refractivity contribution in [1.29, 1.82) is 0 Å². The summed E-state index contributed by atoms with van der Waals surface area (Å²) in [5.41, 5.74) is 15.8. The summed E-state index contributed by atoms with van der Waals surface area (Å²) in [7, 11) is -2.88. The number of benzene rings is 8. The van der Waals surface area contributed by atoms with Crippen LogP contribution in [0.25, 0.3) is 76.8 Å². The van der Waals surface area contributed by atoms with Crippen LogP contribution in [0.4, 0.5) is 0 Å². The average Bonchev–Trinajstić information content (AvgIpc) is 3.10. The second-order valence-corrected chi connectivity index (χ2v) is 27.4. The van der Waals surface area contributed by atoms with Gasteiger partial charge < -0.3 is 0 Å². The minimum atomic E-state index is -1.44. The van der Waals surface area contributed by atoms with Crippen molar-refractivity contribution in [2.45, 2.75) is 67.0 Å². The Labute approximate surface area is 312 Å². The quantitative estimate of drug-likeness (QED) is 0.119. The Kier molecular flexibility index (Phi) is 8.21. The van der Waals surface area contributed by atoms with Crippen molar-refractivity contribution >= 4 is 58.8 Å². The molecular weight excluding hydrogens is 657 g/mol. The van der Waals surface area contributed by atoms with Gasteiger partial charge in [-0.05, 0) is 139 Å². The molecule has 0 aromatic heterocycles. The lowest BCUT2D eigenvalue weighted by Crippen LogP contribution is -2.37. The molecule has 2 heteroatoms. The third kappa shape index (κ3) is 5.64. The summed E-state index contributed by atoms with van der Waals surface area (Å²) < 4.78 is 0. The summed E-state index contributed by atoms with van der Waals surface area (Å²) in [6.07, 6.45) is 0. The van der Waals surface area contributed by atoms with Gasteiger partial charge in [-0.1, -0.05) is 159 Å². The maximum Gasteiger partial charge on any atom is 0.0775 e. The van der Waals surface area contributed by atoms with E-state index in [1.807, 2.05) is 0 Å². The molecule has 0 fully saturated rings. The standard InChI is InChI=1S/C50H50Si2/c1-31-13-11-14-32(2)47(31)45-29-43(35-17-21-37(22-18-35)51(5,6)7)39-26-28-42-46(48-33(3)15-12-16-34(48)4)30-44(40-25-27-41(45)49(39)50(40)42)36-19-23-38(24-20-36)52(8,9)10/h11-30H,1-10H3. The molecular formula is C50H50Si2. The number of hydrogen-bond donors (Lipinski definition) is 0. The highest BCUT2D eigenvalue weighted by molar-refractivity contribution is 6.89. The van der Waals surface area contributed by atoms with E-state index >= 15 is 0 Å². The van der Waals surface area contributed by atoms with Crippen LogP contribution in [0, 0.1) is 27.7 Å². The molecule has 0 aliphatic rings. The van der Waals surface area contributed by atoms with Crippen LogP contribution in [0.1, 0.15) is 22.3 Å². The van der Waals surface area contributed by atoms with Gasteiger partial charge in [-0.15, -0.1) is 0 Å². The van der Waals surface area contributed by atoms with E-state index in [0.29, 0.717) is 0 Å². The summed E-state index contributed by atoms with van der Waals surface area (Å²) in [6.45, 7) is 23.7. The van der Waals surface area contributed by atoms with Crippen LogP contribution in [0.5, 0.6) is 0 Å². The summed E-state index contributed by atoms with van der Waals surface area (Å²) in [5, 5.41) is 11.0. The molecule has 0 aliphatic carbocycles. The zero-order chi connectivity index (χ0) is 36.7. The molecule has 0 N–H and O–H groups in total. The summed E-state index contributed by atoms with van der Waals surface area (Å²) >= 11 is 0. The van der Waals surface area contributed by atoms with Gasteiger partial charge >= 0.3 is 0 Å². The normalized spacial score (nSPS) is 12.4. The first kappa shape index (κ1) is 34.3. The van der Waals surface area contributed by atoms with Gasteiger partial charge in [-0.3, -0.25) is 0 Å². The van der Waals surface area contributed by atoms with Gasteiger partial charge in [-0.2, -0.15) is 0 Å². The van der Waals surface area contributed by atoms with Crippen molar-refractivity contribution in [3.05, 3.63) is 144 Å². The Balaban J connectivity index is 1.55. The number of rotatable bonds is 6. The molecule has 8 aromatic rings. The van der Waals surface area contributed by atoms with Crippen LogP contribution >= 0.6 is 0 Å². The first-order chi connectivity index (χ1) is 24.7. The Morgan fingerprint density at radius 3 is 0.904 bits per heavy atom. The second kappa shape index (κ2) is 12.4. The number of hydrogen-bond acceptors (Lipinski definition) is 0. The number of aryl methyl sites for hydroxylation is 4. The molecule has 0 radical (unpaired) electrons. The minimum Gasteiger partial charge on any atom is -0.0656 e. The van der Waals surface area contributed by atoms with Crippen molar-refractivity contribution < 1.29 is 0 Å². The molecule has 0 saturated heterocycles. The monoisotopic (exact) mass is 706 g/mol. The molecule has 0 saturated carbocycles. The lowest BCUT2D eigenvalue weighted by molar-refractivity contribution is 1.38. The van der Waals surface area contributed by atoms with Crippen LogP contribution < -0.4 is 10.4 Å². The zero-order valence-electron chi connectivity index (χ0n) is 32.5. The Morgan fingerprint density at radius 1 is 0.327 bits per heavy atom. The predicted molar refractivity (Wildman–Crippen MR) is 237 cm³/mol. The van der Waals surface area contributed by atoms with Crippen LogP contribution in [0.15, 0.2) is 121 Å². The van der Waals surface area contributed by atoms with E-state index in [9.17, 15) is 0 Å². The van der Waals surface area contributed by atoms with Gasteiger partial charge in [0.1, 0.15) is 0 Å². The van der Waals surface area contributed by atoms with Crippen LogP contribution in [-0.2, 0) is 0 Å². The van der Waals surface area contributed by atoms with Crippen molar-refractivity contribution in [1.82, 2.24) is 0 Å². The van der Waals surface area contributed by atoms with E-state index in [1.54, 1.807) is 0 Å². The van der Waals surface area contributed by atoms with Crippen molar-refractivity contribution in [3.8, 4) is 44.5 Å². The van der Waals surface area contributed by atoms with E-state index in [-0.39, 0.29) is 0 Å². The van der Waals surface area contributed by atoms with Gasteiger partial charge in [0.15, 0.2) is 0 Å². The molecule has 8 rings (SSSR count). The lowest BCUT2D eigenvalue weighted by Gasteiger charge is -2.24. The first-order valence-electron chi connectivity index (χ1n) is 18.9. The maximum absolute atomic E-state index is 2.49. The minimum absolute atomic E-state index is 1.28. The molecule has 0 unspecified atom stereocenters. The van der Waals surface area contributed by atoms with Gasteiger partial charge in [0.05, 0.1) is 16.1 Å². The van der Waals surface area contributed by atoms with Gasteiger partial charge in [0.25, 0.3) is 0 Å². The fourth-order valence-corrected chi connectivity index (χ4v) is 11.0. The van der Waals surface area contributed by atoms with Gasteiger partial charge in [0, 0.05) is 0 Å². The van der Waals surface area contributed by atoms with E-state index in [2.05, 4.69) is 188 Å². The fourth-order valence-electron chi connectivity index (χ4n) is 8.66. The van der Waals surface area contributed by atoms with Gasteiger partial charge in [-0.25, -0.2) is 0 Å². The van der Waals surface area contributed by atoms with Crippen molar-refractivity contribution in [3.63, 3.8) is 0 Å². The van der Waals surface area contributed by atoms with E-state index in [1.165, 1.54) is 109 Å². The molecule has 0 amide bonds. The molecule has 0 spiro atoms. The Bertz CT molecular complexity index is 2420. The van der Waals surface area contributed by atoms with Crippen molar-refractivity contribution in [2.24, 2.45) is 0 Å². The summed E-state index contributed by atoms with van der Waals surface area (Å²) in [5.74, 6) is 0. The van der Waals surface area contributed by atoms with E-state index in [4.69, 9.17) is 0 Å². The fraction of sp³-hybridized carbons (Fsp3) is 0.200. The highest BCUT2D eigenvalue weighted by Gasteiger charge is 2.24. The molecule has 0 aliphatic heterocycles. The maximum atomic E-state index is 2.49. The largest absolute Gasteiger partial charge is 0.0775 e. The summed E-state index contributed by atoms with van der Waals surface area (Å²) in [4.78, 5) is 0. The topological polar surface area (TPSA) is 0 Å². The third-order valence-electron chi connectivity index (χ3n) is 11.5. The van der Waals surface area contributed by atoms with Crippen LogP contribution in [-0.4, -0.2) is 16.1 Å². The molecule has 0 heterocycles. The molecule has 0 atom stereocenters. The highest BCUT2D eigenvalue weighted by atomic mass is 28.3. The van der Waals surface area contributed by atoms with Gasteiger partial charge in [0.2, 0.25) is 0 Å². The SMILES string of the molecule is Cc1cccc(C)c1-c1cc(-c2ccc([Si](C)(C)C)cc2)c2ccc3c(-c4c(C)cccc4C)cc(-c4ccc([Si](C)(C)C)cc4)c4ccc1c2c43. The highest BCUT2D eigenvalue weighted by Crippen LogP contribution is 2.49.